The fourth-order valence-electron chi connectivity index (χ4n) is 2.53. The van der Waals surface area contributed by atoms with Gasteiger partial charge in [0, 0.05) is 26.5 Å². The Kier molecular flexibility index (Phi) is 6.98. The van der Waals surface area contributed by atoms with Crippen LogP contribution in [-0.4, -0.2) is 31.2 Å². The normalized spacial score (nSPS) is 10.3. The summed E-state index contributed by atoms with van der Waals surface area (Å²) in [6, 6.07) is 20.7. The number of carbonyl (C=O) groups excluding carboxylic acids is 1. The minimum Gasteiger partial charge on any atom is -0.455 e. The first-order chi connectivity index (χ1) is 13.8. The van der Waals surface area contributed by atoms with E-state index in [-0.39, 0.29) is 5.91 Å². The van der Waals surface area contributed by atoms with E-state index in [1.165, 1.54) is 0 Å². The molecule has 0 saturated carbocycles. The number of hydrogen-bond acceptors (Lipinski definition) is 5. The molecule has 2 aromatic carbocycles. The summed E-state index contributed by atoms with van der Waals surface area (Å²) in [4.78, 5) is 16.4. The number of hydrogen-bond donors (Lipinski definition) is 2. The first kappa shape index (κ1) is 19.4. The van der Waals surface area contributed by atoms with Crippen LogP contribution in [0.1, 0.15) is 16.8 Å². The molecule has 0 aliphatic rings. The Balaban J connectivity index is 1.64. The van der Waals surface area contributed by atoms with Crippen molar-refractivity contribution in [2.45, 2.75) is 6.42 Å². The van der Waals surface area contributed by atoms with Crippen molar-refractivity contribution in [2.24, 2.45) is 0 Å². The van der Waals surface area contributed by atoms with Crippen molar-refractivity contribution in [1.82, 2.24) is 10.3 Å². The third-order valence-corrected chi connectivity index (χ3v) is 3.96. The summed E-state index contributed by atoms with van der Waals surface area (Å²) in [5, 5.41) is 6.07. The van der Waals surface area contributed by atoms with Gasteiger partial charge in [0.25, 0.3) is 5.91 Å². The van der Waals surface area contributed by atoms with Gasteiger partial charge in [-0.1, -0.05) is 30.3 Å². The highest BCUT2D eigenvalue weighted by atomic mass is 16.5. The first-order valence-corrected chi connectivity index (χ1v) is 9.08. The molecule has 0 fully saturated rings. The smallest absolute Gasteiger partial charge is 0.252 e. The highest BCUT2D eigenvalue weighted by Gasteiger charge is 2.08. The van der Waals surface area contributed by atoms with Gasteiger partial charge < -0.3 is 20.1 Å². The van der Waals surface area contributed by atoms with Crippen LogP contribution in [0, 0.1) is 0 Å². The van der Waals surface area contributed by atoms with Crippen molar-refractivity contribution in [3.8, 4) is 11.5 Å². The van der Waals surface area contributed by atoms with Crippen LogP contribution in [0.15, 0.2) is 72.9 Å². The molecule has 6 nitrogen and oxygen atoms in total. The van der Waals surface area contributed by atoms with E-state index in [1.54, 1.807) is 25.4 Å². The quantitative estimate of drug-likeness (QED) is 0.541. The van der Waals surface area contributed by atoms with Crippen LogP contribution in [0.25, 0.3) is 0 Å². The number of ether oxygens (including phenoxy) is 2. The van der Waals surface area contributed by atoms with E-state index in [2.05, 4.69) is 15.6 Å². The van der Waals surface area contributed by atoms with Crippen molar-refractivity contribution in [2.75, 3.05) is 25.6 Å². The summed E-state index contributed by atoms with van der Waals surface area (Å²) < 4.78 is 10.9. The first-order valence-electron chi connectivity index (χ1n) is 9.08. The SMILES string of the molecule is COCCCNC(=O)c1ccc(Nc2ccccc2Oc2ccccc2)nc1. The lowest BCUT2D eigenvalue weighted by atomic mass is 10.2. The van der Waals surface area contributed by atoms with E-state index in [0.717, 1.165) is 17.9 Å². The maximum absolute atomic E-state index is 12.1. The van der Waals surface area contributed by atoms with Crippen LogP contribution in [-0.2, 0) is 4.74 Å². The van der Waals surface area contributed by atoms with Gasteiger partial charge in [-0.3, -0.25) is 4.79 Å². The summed E-state index contributed by atoms with van der Waals surface area (Å²) in [6.07, 6.45) is 2.32. The number of rotatable bonds is 9. The Hall–Kier alpha value is -3.38. The van der Waals surface area contributed by atoms with Gasteiger partial charge in [-0.05, 0) is 42.8 Å². The van der Waals surface area contributed by atoms with Crippen molar-refractivity contribution in [3.63, 3.8) is 0 Å². The van der Waals surface area contributed by atoms with Crippen molar-refractivity contribution >= 4 is 17.4 Å². The average molecular weight is 377 g/mol. The molecule has 1 aromatic heterocycles. The van der Waals surface area contributed by atoms with E-state index >= 15 is 0 Å². The van der Waals surface area contributed by atoms with Crippen molar-refractivity contribution < 1.29 is 14.3 Å². The van der Waals surface area contributed by atoms with Crippen LogP contribution in [0.4, 0.5) is 11.5 Å². The number of amides is 1. The predicted octanol–water partition coefficient (Wildman–Crippen LogP) is 4.38. The molecular formula is C22H23N3O3. The highest BCUT2D eigenvalue weighted by Crippen LogP contribution is 2.30. The second-order valence-corrected chi connectivity index (χ2v) is 6.07. The number of benzene rings is 2. The second-order valence-electron chi connectivity index (χ2n) is 6.07. The Morgan fingerprint density at radius 2 is 1.79 bits per heavy atom. The van der Waals surface area contributed by atoms with Gasteiger partial charge in [0.05, 0.1) is 11.3 Å². The third kappa shape index (κ3) is 5.56. The fourth-order valence-corrected chi connectivity index (χ4v) is 2.53. The molecule has 3 aromatic rings. The van der Waals surface area contributed by atoms with Crippen LogP contribution in [0.5, 0.6) is 11.5 Å². The Morgan fingerprint density at radius 3 is 2.54 bits per heavy atom. The molecule has 0 unspecified atom stereocenters. The lowest BCUT2D eigenvalue weighted by molar-refractivity contribution is 0.0948. The number of anilines is 2. The van der Waals surface area contributed by atoms with E-state index in [1.807, 2.05) is 54.6 Å². The van der Waals surface area contributed by atoms with Gasteiger partial charge in [0.1, 0.15) is 11.6 Å². The predicted molar refractivity (Wildman–Crippen MR) is 109 cm³/mol. The molecule has 0 aliphatic carbocycles. The molecule has 28 heavy (non-hydrogen) atoms. The van der Waals surface area contributed by atoms with Gasteiger partial charge in [-0.25, -0.2) is 4.98 Å². The maximum atomic E-state index is 12.1. The van der Waals surface area contributed by atoms with Gasteiger partial charge in [0.15, 0.2) is 5.75 Å². The largest absolute Gasteiger partial charge is 0.455 e. The number of nitrogens with one attached hydrogen (secondary N) is 2. The average Bonchev–Trinajstić information content (AvgIpc) is 2.74. The molecule has 144 valence electrons. The van der Waals surface area contributed by atoms with Crippen LogP contribution < -0.4 is 15.4 Å². The molecule has 0 atom stereocenters. The van der Waals surface area contributed by atoms with Gasteiger partial charge in [0.2, 0.25) is 0 Å². The zero-order valence-electron chi connectivity index (χ0n) is 15.7. The van der Waals surface area contributed by atoms with Crippen LogP contribution in [0.2, 0.25) is 0 Å². The number of aromatic nitrogens is 1. The Morgan fingerprint density at radius 1 is 1.00 bits per heavy atom. The summed E-state index contributed by atoms with van der Waals surface area (Å²) in [5.74, 6) is 1.92. The molecular weight excluding hydrogens is 354 g/mol. The molecule has 0 saturated heterocycles. The summed E-state index contributed by atoms with van der Waals surface area (Å²) in [6.45, 7) is 1.18. The molecule has 2 N–H and O–H groups in total. The van der Waals surface area contributed by atoms with E-state index in [4.69, 9.17) is 9.47 Å². The number of nitrogens with zero attached hydrogens (tertiary/aromatic N) is 1. The minimum absolute atomic E-state index is 0.150. The van der Waals surface area contributed by atoms with Crippen LogP contribution in [0.3, 0.4) is 0 Å². The Bertz CT molecular complexity index is 883. The van der Waals surface area contributed by atoms with E-state index in [0.29, 0.717) is 30.3 Å². The second kappa shape index (κ2) is 10.1. The third-order valence-electron chi connectivity index (χ3n) is 3.96. The molecule has 1 heterocycles. The molecule has 1 amide bonds. The fraction of sp³-hybridized carbons (Fsp3) is 0.182. The summed E-state index contributed by atoms with van der Waals surface area (Å²) in [7, 11) is 1.64. The lowest BCUT2D eigenvalue weighted by Gasteiger charge is -2.13. The minimum atomic E-state index is -0.150. The van der Waals surface area contributed by atoms with Crippen LogP contribution >= 0.6 is 0 Å². The maximum Gasteiger partial charge on any atom is 0.252 e. The van der Waals surface area contributed by atoms with Crippen molar-refractivity contribution in [3.05, 3.63) is 78.5 Å². The standard InChI is InChI=1S/C22H23N3O3/c1-27-15-7-14-23-22(26)17-12-13-21(24-16-17)25-19-10-5-6-11-20(19)28-18-8-3-2-4-9-18/h2-6,8-13,16H,7,14-15H2,1H3,(H,23,26)(H,24,25). The molecule has 0 radical (unpaired) electrons. The monoisotopic (exact) mass is 377 g/mol. The molecule has 0 spiro atoms. The molecule has 6 heteroatoms. The lowest BCUT2D eigenvalue weighted by Crippen LogP contribution is -2.25. The number of para-hydroxylation sites is 3. The summed E-state index contributed by atoms with van der Waals surface area (Å²) in [5.41, 5.74) is 1.30. The molecule has 0 aliphatic heterocycles. The highest BCUT2D eigenvalue weighted by molar-refractivity contribution is 5.94. The zero-order chi connectivity index (χ0) is 19.6. The van der Waals surface area contributed by atoms with Crippen molar-refractivity contribution in [1.29, 1.82) is 0 Å². The Labute approximate surface area is 164 Å². The summed E-state index contributed by atoms with van der Waals surface area (Å²) >= 11 is 0. The molecule has 3 rings (SSSR count). The van der Waals surface area contributed by atoms with E-state index in [9.17, 15) is 4.79 Å². The van der Waals surface area contributed by atoms with Gasteiger partial charge in [-0.15, -0.1) is 0 Å². The number of carbonyl (C=O) groups is 1. The zero-order valence-corrected chi connectivity index (χ0v) is 15.7. The topological polar surface area (TPSA) is 72.5 Å². The molecule has 0 bridgehead atoms. The number of methoxy groups -OCH3 is 1. The van der Waals surface area contributed by atoms with Gasteiger partial charge in [-0.2, -0.15) is 0 Å². The van der Waals surface area contributed by atoms with E-state index < -0.39 is 0 Å². The van der Waals surface area contributed by atoms with Gasteiger partial charge >= 0.3 is 0 Å². The number of pyridine rings is 1.